The first-order valence-corrected chi connectivity index (χ1v) is 11.8. The lowest BCUT2D eigenvalue weighted by molar-refractivity contribution is 0.102. The average Bonchev–Trinajstić information content (AvgIpc) is 2.80. The van der Waals surface area contributed by atoms with E-state index in [1.54, 1.807) is 24.3 Å². The first-order valence-electron chi connectivity index (χ1n) is 10.3. The normalized spacial score (nSPS) is 11.2. The van der Waals surface area contributed by atoms with Gasteiger partial charge < -0.3 is 10.1 Å². The third-order valence-corrected chi connectivity index (χ3v) is 6.74. The van der Waals surface area contributed by atoms with Gasteiger partial charge in [0.25, 0.3) is 15.9 Å². The summed E-state index contributed by atoms with van der Waals surface area (Å²) in [6.07, 6.45) is 0. The van der Waals surface area contributed by atoms with E-state index >= 15 is 0 Å². The maximum atomic E-state index is 12.9. The van der Waals surface area contributed by atoms with Crippen molar-refractivity contribution in [3.8, 4) is 5.75 Å². The van der Waals surface area contributed by atoms with Gasteiger partial charge in [0, 0.05) is 5.69 Å². The van der Waals surface area contributed by atoms with Gasteiger partial charge >= 0.3 is 0 Å². The molecular weight excluding hydrogens is 436 g/mol. The molecule has 0 saturated heterocycles. The fourth-order valence-electron chi connectivity index (χ4n) is 3.61. The number of carbonyl (C=O) groups excluding carboxylic acids is 1. The highest BCUT2D eigenvalue weighted by Crippen LogP contribution is 2.27. The van der Waals surface area contributed by atoms with Gasteiger partial charge in [0.15, 0.2) is 0 Å². The van der Waals surface area contributed by atoms with Gasteiger partial charge in [-0.05, 0) is 72.6 Å². The molecule has 0 aliphatic rings. The van der Waals surface area contributed by atoms with Crippen molar-refractivity contribution in [3.63, 3.8) is 0 Å². The molecule has 4 aromatic carbocycles. The zero-order valence-corrected chi connectivity index (χ0v) is 19.4. The maximum absolute atomic E-state index is 12.9. The first-order chi connectivity index (χ1) is 15.8. The Labute approximate surface area is 193 Å². The molecule has 2 N–H and O–H groups in total. The van der Waals surface area contributed by atoms with Crippen LogP contribution in [0.4, 0.5) is 11.4 Å². The molecule has 0 aliphatic carbocycles. The van der Waals surface area contributed by atoms with E-state index in [-0.39, 0.29) is 10.8 Å². The van der Waals surface area contributed by atoms with E-state index in [1.165, 1.54) is 19.2 Å². The Bertz CT molecular complexity index is 1450. The average molecular weight is 461 g/mol. The summed E-state index contributed by atoms with van der Waals surface area (Å²) in [6.45, 7) is 3.80. The number of benzene rings is 4. The second-order valence-corrected chi connectivity index (χ2v) is 9.48. The van der Waals surface area contributed by atoms with Crippen LogP contribution in [0, 0.1) is 13.8 Å². The number of aryl methyl sites for hydroxylation is 2. The predicted octanol–water partition coefficient (Wildman–Crippen LogP) is 5.52. The SMILES string of the molecule is COc1cc2ccccc2cc1C(=O)Nc1ccc(S(=O)(=O)Nc2ccc(C)cc2C)cc1. The van der Waals surface area contributed by atoms with E-state index in [1.807, 2.05) is 56.3 Å². The summed E-state index contributed by atoms with van der Waals surface area (Å²) in [5, 5.41) is 4.70. The molecule has 0 bridgehead atoms. The van der Waals surface area contributed by atoms with Crippen LogP contribution in [0.25, 0.3) is 10.8 Å². The largest absolute Gasteiger partial charge is 0.496 e. The van der Waals surface area contributed by atoms with E-state index in [0.29, 0.717) is 22.7 Å². The smallest absolute Gasteiger partial charge is 0.261 e. The van der Waals surface area contributed by atoms with Crippen LogP contribution in [0.15, 0.2) is 83.8 Å². The highest BCUT2D eigenvalue weighted by Gasteiger charge is 2.17. The minimum atomic E-state index is -3.76. The number of fused-ring (bicyclic) bond motifs is 1. The van der Waals surface area contributed by atoms with Crippen LogP contribution in [0.5, 0.6) is 5.75 Å². The first kappa shape index (κ1) is 22.4. The second kappa shape index (κ2) is 8.96. The highest BCUT2D eigenvalue weighted by atomic mass is 32.2. The minimum Gasteiger partial charge on any atom is -0.496 e. The van der Waals surface area contributed by atoms with Crippen molar-refractivity contribution < 1.29 is 17.9 Å². The van der Waals surface area contributed by atoms with E-state index < -0.39 is 10.0 Å². The van der Waals surface area contributed by atoms with Crippen molar-refractivity contribution in [2.45, 2.75) is 18.7 Å². The van der Waals surface area contributed by atoms with Crippen molar-refractivity contribution in [3.05, 3.63) is 95.6 Å². The molecule has 0 fully saturated rings. The maximum Gasteiger partial charge on any atom is 0.261 e. The van der Waals surface area contributed by atoms with E-state index in [4.69, 9.17) is 4.74 Å². The molecule has 0 spiro atoms. The summed E-state index contributed by atoms with van der Waals surface area (Å²) in [5.74, 6) is 0.115. The highest BCUT2D eigenvalue weighted by molar-refractivity contribution is 7.92. The molecule has 0 unspecified atom stereocenters. The number of amides is 1. The number of rotatable bonds is 6. The van der Waals surface area contributed by atoms with Crippen LogP contribution in [0.2, 0.25) is 0 Å². The van der Waals surface area contributed by atoms with Crippen molar-refractivity contribution >= 4 is 38.1 Å². The van der Waals surface area contributed by atoms with Gasteiger partial charge in [0.05, 0.1) is 23.3 Å². The Morgan fingerprint density at radius 2 is 1.52 bits per heavy atom. The summed E-state index contributed by atoms with van der Waals surface area (Å²) in [5.41, 5.74) is 3.29. The Morgan fingerprint density at radius 1 is 0.848 bits per heavy atom. The number of hydrogen-bond donors (Lipinski definition) is 2. The molecule has 4 aromatic rings. The van der Waals surface area contributed by atoms with Gasteiger partial charge in [-0.2, -0.15) is 0 Å². The Morgan fingerprint density at radius 3 is 2.15 bits per heavy atom. The second-order valence-electron chi connectivity index (χ2n) is 7.80. The standard InChI is InChI=1S/C26H24N2O4S/c1-17-8-13-24(18(2)14-17)28-33(30,31)22-11-9-21(10-12-22)27-26(29)23-15-19-6-4-5-7-20(19)16-25(23)32-3/h4-16,28H,1-3H3,(H,27,29). The van der Waals surface area contributed by atoms with Gasteiger partial charge in [-0.25, -0.2) is 8.42 Å². The van der Waals surface area contributed by atoms with E-state index in [9.17, 15) is 13.2 Å². The van der Waals surface area contributed by atoms with Gasteiger partial charge in [-0.1, -0.05) is 42.0 Å². The van der Waals surface area contributed by atoms with E-state index in [0.717, 1.165) is 21.9 Å². The van der Waals surface area contributed by atoms with Gasteiger partial charge in [0.2, 0.25) is 0 Å². The quantitative estimate of drug-likeness (QED) is 0.397. The number of carbonyl (C=O) groups is 1. The predicted molar refractivity (Wildman–Crippen MR) is 132 cm³/mol. The lowest BCUT2D eigenvalue weighted by atomic mass is 10.1. The Hall–Kier alpha value is -3.84. The van der Waals surface area contributed by atoms with Crippen molar-refractivity contribution in [1.29, 1.82) is 0 Å². The lowest BCUT2D eigenvalue weighted by Crippen LogP contribution is -2.15. The number of anilines is 2. The zero-order valence-electron chi connectivity index (χ0n) is 18.5. The number of hydrogen-bond acceptors (Lipinski definition) is 4. The molecule has 0 atom stereocenters. The molecule has 0 aromatic heterocycles. The van der Waals surface area contributed by atoms with Gasteiger partial charge in [-0.3, -0.25) is 9.52 Å². The summed E-state index contributed by atoms with van der Waals surface area (Å²) in [6, 6.07) is 22.8. The molecule has 0 aliphatic heterocycles. The number of nitrogens with one attached hydrogen (secondary N) is 2. The molecule has 168 valence electrons. The Balaban J connectivity index is 1.54. The van der Waals surface area contributed by atoms with Crippen LogP contribution in [-0.2, 0) is 10.0 Å². The lowest BCUT2D eigenvalue weighted by Gasteiger charge is -2.13. The van der Waals surface area contributed by atoms with Crippen LogP contribution in [0.1, 0.15) is 21.5 Å². The molecule has 7 heteroatoms. The van der Waals surface area contributed by atoms with Crippen LogP contribution in [-0.4, -0.2) is 21.4 Å². The minimum absolute atomic E-state index is 0.101. The molecule has 0 heterocycles. The summed E-state index contributed by atoms with van der Waals surface area (Å²) in [4.78, 5) is 13.0. The monoisotopic (exact) mass is 460 g/mol. The summed E-state index contributed by atoms with van der Waals surface area (Å²) >= 11 is 0. The zero-order chi connectivity index (χ0) is 23.6. The fourth-order valence-corrected chi connectivity index (χ4v) is 4.74. The summed E-state index contributed by atoms with van der Waals surface area (Å²) in [7, 11) is -2.25. The molecular formula is C26H24N2O4S. The summed E-state index contributed by atoms with van der Waals surface area (Å²) < 4.78 is 33.6. The number of sulfonamides is 1. The molecule has 6 nitrogen and oxygen atoms in total. The Kier molecular flexibility index (Phi) is 6.07. The molecule has 4 rings (SSSR count). The third kappa shape index (κ3) is 4.83. The molecule has 0 saturated carbocycles. The molecule has 33 heavy (non-hydrogen) atoms. The van der Waals surface area contributed by atoms with E-state index in [2.05, 4.69) is 10.0 Å². The van der Waals surface area contributed by atoms with Crippen LogP contribution < -0.4 is 14.8 Å². The topological polar surface area (TPSA) is 84.5 Å². The van der Waals surface area contributed by atoms with Crippen LogP contribution in [0.3, 0.4) is 0 Å². The molecule has 1 amide bonds. The third-order valence-electron chi connectivity index (χ3n) is 5.36. The van der Waals surface area contributed by atoms with Gasteiger partial charge in [0.1, 0.15) is 5.75 Å². The van der Waals surface area contributed by atoms with Crippen LogP contribution >= 0.6 is 0 Å². The fraction of sp³-hybridized carbons (Fsp3) is 0.115. The number of methoxy groups -OCH3 is 1. The number of ether oxygens (including phenoxy) is 1. The van der Waals surface area contributed by atoms with Crippen molar-refractivity contribution in [1.82, 2.24) is 0 Å². The molecule has 0 radical (unpaired) electrons. The van der Waals surface area contributed by atoms with Crippen molar-refractivity contribution in [2.24, 2.45) is 0 Å². The van der Waals surface area contributed by atoms with Crippen molar-refractivity contribution in [2.75, 3.05) is 17.1 Å². The van der Waals surface area contributed by atoms with Gasteiger partial charge in [-0.15, -0.1) is 0 Å².